The van der Waals surface area contributed by atoms with Gasteiger partial charge in [-0.15, -0.1) is 0 Å². The van der Waals surface area contributed by atoms with Gasteiger partial charge in [0, 0.05) is 0 Å². The van der Waals surface area contributed by atoms with Gasteiger partial charge in [0.25, 0.3) is 0 Å². The maximum atomic E-state index is 10.1. The lowest BCUT2D eigenvalue weighted by atomic mass is 9.91. The third-order valence-corrected chi connectivity index (χ3v) is 2.73. The summed E-state index contributed by atoms with van der Waals surface area (Å²) in [6.07, 6.45) is 2.34. The monoisotopic (exact) mass is 162 g/mol. The van der Waals surface area contributed by atoms with Crippen LogP contribution in [0.3, 0.4) is 0 Å². The topological polar surface area (TPSA) is 20.2 Å². The fourth-order valence-corrected chi connectivity index (χ4v) is 1.66. The van der Waals surface area contributed by atoms with Gasteiger partial charge in [-0.1, -0.05) is 30.3 Å². The van der Waals surface area contributed by atoms with Gasteiger partial charge in [-0.05, 0) is 31.2 Å². The Morgan fingerprint density at radius 1 is 1.25 bits per heavy atom. The van der Waals surface area contributed by atoms with Crippen LogP contribution in [0.15, 0.2) is 30.3 Å². The summed E-state index contributed by atoms with van der Waals surface area (Å²) in [4.78, 5) is 0. The largest absolute Gasteiger partial charge is 0.385 e. The lowest BCUT2D eigenvalue weighted by Crippen LogP contribution is -2.23. The third-order valence-electron chi connectivity index (χ3n) is 2.73. The van der Waals surface area contributed by atoms with Crippen molar-refractivity contribution >= 4 is 0 Å². The zero-order chi connectivity index (χ0) is 8.60. The van der Waals surface area contributed by atoms with Crippen LogP contribution in [0.1, 0.15) is 25.3 Å². The van der Waals surface area contributed by atoms with E-state index in [0.29, 0.717) is 5.92 Å². The third kappa shape index (κ3) is 1.25. The molecule has 0 saturated heterocycles. The van der Waals surface area contributed by atoms with E-state index in [4.69, 9.17) is 0 Å². The van der Waals surface area contributed by atoms with Crippen molar-refractivity contribution in [2.24, 2.45) is 5.92 Å². The van der Waals surface area contributed by atoms with Gasteiger partial charge >= 0.3 is 0 Å². The first-order chi connectivity index (χ1) is 5.71. The van der Waals surface area contributed by atoms with Crippen LogP contribution in [-0.4, -0.2) is 5.11 Å². The molecule has 0 heterocycles. The molecule has 64 valence electrons. The van der Waals surface area contributed by atoms with Crippen molar-refractivity contribution in [2.45, 2.75) is 25.4 Å². The Labute approximate surface area is 73.0 Å². The van der Waals surface area contributed by atoms with Crippen LogP contribution in [0.25, 0.3) is 0 Å². The van der Waals surface area contributed by atoms with Gasteiger partial charge in [0.2, 0.25) is 0 Å². The molecule has 0 aliphatic heterocycles. The molecule has 1 saturated carbocycles. The van der Waals surface area contributed by atoms with Crippen LogP contribution >= 0.6 is 0 Å². The van der Waals surface area contributed by atoms with E-state index in [9.17, 15) is 5.11 Å². The Bertz CT molecular complexity index is 260. The molecule has 1 N–H and O–H groups in total. The minimum Gasteiger partial charge on any atom is -0.385 e. The number of benzene rings is 1. The highest BCUT2D eigenvalue weighted by atomic mass is 16.3. The van der Waals surface area contributed by atoms with Crippen LogP contribution in [0.5, 0.6) is 0 Å². The Morgan fingerprint density at radius 3 is 2.33 bits per heavy atom. The average Bonchev–Trinajstić information content (AvgIpc) is 2.88. The minimum atomic E-state index is -0.596. The van der Waals surface area contributed by atoms with Crippen LogP contribution in [0.2, 0.25) is 0 Å². The van der Waals surface area contributed by atoms with E-state index in [2.05, 4.69) is 0 Å². The zero-order valence-electron chi connectivity index (χ0n) is 7.33. The van der Waals surface area contributed by atoms with E-state index >= 15 is 0 Å². The molecule has 0 unspecified atom stereocenters. The Balaban J connectivity index is 2.28. The van der Waals surface area contributed by atoms with E-state index in [0.717, 1.165) is 5.56 Å². The van der Waals surface area contributed by atoms with Gasteiger partial charge in [0.1, 0.15) is 0 Å². The molecule has 1 aromatic rings. The fraction of sp³-hybridized carbons (Fsp3) is 0.455. The van der Waals surface area contributed by atoms with Crippen LogP contribution in [0.4, 0.5) is 0 Å². The maximum Gasteiger partial charge on any atom is 0.0896 e. The summed E-state index contributed by atoms with van der Waals surface area (Å²) >= 11 is 0. The lowest BCUT2D eigenvalue weighted by molar-refractivity contribution is 0.0331. The van der Waals surface area contributed by atoms with Crippen LogP contribution in [0, 0.1) is 5.92 Å². The molecular formula is C11H14O. The van der Waals surface area contributed by atoms with Gasteiger partial charge < -0.3 is 5.11 Å². The van der Waals surface area contributed by atoms with E-state index in [1.54, 1.807) is 0 Å². The second-order valence-electron chi connectivity index (χ2n) is 3.79. The fourth-order valence-electron chi connectivity index (χ4n) is 1.66. The highest BCUT2D eigenvalue weighted by molar-refractivity contribution is 5.23. The maximum absolute atomic E-state index is 10.1. The van der Waals surface area contributed by atoms with Crippen molar-refractivity contribution in [2.75, 3.05) is 0 Å². The van der Waals surface area contributed by atoms with Crippen molar-refractivity contribution in [3.8, 4) is 0 Å². The normalized spacial score (nSPS) is 21.8. The highest BCUT2D eigenvalue weighted by Gasteiger charge is 2.40. The summed E-state index contributed by atoms with van der Waals surface area (Å²) < 4.78 is 0. The first-order valence-corrected chi connectivity index (χ1v) is 4.49. The summed E-state index contributed by atoms with van der Waals surface area (Å²) in [6, 6.07) is 9.93. The molecule has 1 atom stereocenters. The number of hydrogen-bond donors (Lipinski definition) is 1. The minimum absolute atomic E-state index is 0.486. The predicted octanol–water partition coefficient (Wildman–Crippen LogP) is 2.30. The molecule has 1 fully saturated rings. The Morgan fingerprint density at radius 2 is 1.83 bits per heavy atom. The van der Waals surface area contributed by atoms with E-state index in [-0.39, 0.29) is 0 Å². The van der Waals surface area contributed by atoms with Crippen molar-refractivity contribution in [3.05, 3.63) is 35.9 Å². The van der Waals surface area contributed by atoms with Gasteiger partial charge in [0.05, 0.1) is 5.60 Å². The zero-order valence-corrected chi connectivity index (χ0v) is 7.33. The van der Waals surface area contributed by atoms with Crippen LogP contribution in [-0.2, 0) is 5.60 Å². The molecule has 0 spiro atoms. The van der Waals surface area contributed by atoms with Gasteiger partial charge in [-0.2, -0.15) is 0 Å². The molecule has 1 heteroatoms. The summed E-state index contributed by atoms with van der Waals surface area (Å²) in [5.41, 5.74) is 0.453. The standard InChI is InChI=1S/C11H14O/c1-11(12,10-7-8-10)9-5-3-2-4-6-9/h2-6,10,12H,7-8H2,1H3/t11-/m0/s1. The Hall–Kier alpha value is -0.820. The molecule has 1 aliphatic rings. The van der Waals surface area contributed by atoms with Gasteiger partial charge in [0.15, 0.2) is 0 Å². The highest BCUT2D eigenvalue weighted by Crippen LogP contribution is 2.45. The number of aliphatic hydroxyl groups is 1. The summed E-state index contributed by atoms with van der Waals surface area (Å²) in [5.74, 6) is 0.486. The summed E-state index contributed by atoms with van der Waals surface area (Å²) in [6.45, 7) is 1.92. The molecule has 1 aromatic carbocycles. The molecule has 2 rings (SSSR count). The smallest absolute Gasteiger partial charge is 0.0896 e. The quantitative estimate of drug-likeness (QED) is 0.707. The second-order valence-corrected chi connectivity index (χ2v) is 3.79. The molecule has 1 nitrogen and oxygen atoms in total. The molecule has 12 heavy (non-hydrogen) atoms. The van der Waals surface area contributed by atoms with E-state index in [1.165, 1.54) is 12.8 Å². The summed E-state index contributed by atoms with van der Waals surface area (Å²) in [7, 11) is 0. The molecular weight excluding hydrogens is 148 g/mol. The van der Waals surface area contributed by atoms with Crippen molar-refractivity contribution in [1.29, 1.82) is 0 Å². The molecule has 0 aromatic heterocycles. The average molecular weight is 162 g/mol. The van der Waals surface area contributed by atoms with E-state index in [1.807, 2.05) is 37.3 Å². The molecule has 1 aliphatic carbocycles. The number of rotatable bonds is 2. The van der Waals surface area contributed by atoms with Gasteiger partial charge in [-0.25, -0.2) is 0 Å². The first-order valence-electron chi connectivity index (χ1n) is 4.49. The molecule has 0 bridgehead atoms. The molecule has 0 amide bonds. The molecule has 0 radical (unpaired) electrons. The van der Waals surface area contributed by atoms with Crippen molar-refractivity contribution in [3.63, 3.8) is 0 Å². The lowest BCUT2D eigenvalue weighted by Gasteiger charge is -2.23. The second kappa shape index (κ2) is 2.60. The van der Waals surface area contributed by atoms with Crippen molar-refractivity contribution in [1.82, 2.24) is 0 Å². The Kier molecular flexibility index (Phi) is 1.69. The summed E-state index contributed by atoms with van der Waals surface area (Å²) in [5, 5.41) is 10.1. The SMILES string of the molecule is C[C@](O)(c1ccccc1)C1CC1. The first kappa shape index (κ1) is 7.81. The van der Waals surface area contributed by atoms with Gasteiger partial charge in [-0.3, -0.25) is 0 Å². The van der Waals surface area contributed by atoms with E-state index < -0.39 is 5.60 Å². The number of hydrogen-bond acceptors (Lipinski definition) is 1. The predicted molar refractivity (Wildman–Crippen MR) is 48.7 cm³/mol. The van der Waals surface area contributed by atoms with Crippen LogP contribution < -0.4 is 0 Å². The van der Waals surface area contributed by atoms with Crippen molar-refractivity contribution < 1.29 is 5.11 Å².